The first-order valence-corrected chi connectivity index (χ1v) is 7.57. The second-order valence-electron chi connectivity index (χ2n) is 0.750. The van der Waals surface area contributed by atoms with Gasteiger partial charge in [-0.2, -0.15) is 0 Å². The Hall–Kier alpha value is 2.35. The van der Waals surface area contributed by atoms with Crippen molar-refractivity contribution in [1.29, 1.82) is 0 Å². The molecule has 0 aliphatic rings. The summed E-state index contributed by atoms with van der Waals surface area (Å²) in [6.45, 7) is 0. The molecule has 0 unspecified atom stereocenters. The number of hydrogen-bond acceptors (Lipinski definition) is 9. The van der Waals surface area contributed by atoms with Crippen LogP contribution >= 0.6 is 0 Å². The second kappa shape index (κ2) is 19.9. The van der Waals surface area contributed by atoms with E-state index in [0.29, 0.717) is 0 Å². The van der Waals surface area contributed by atoms with Gasteiger partial charge >= 0.3 is 88.0 Å². The van der Waals surface area contributed by atoms with E-state index in [-0.39, 0.29) is 31.1 Å². The zero-order valence-corrected chi connectivity index (χ0v) is 14.5. The van der Waals surface area contributed by atoms with Crippen LogP contribution in [-0.2, 0) is 65.8 Å². The Kier molecular flexibility index (Phi) is 37.5. The molecule has 9 nitrogen and oxygen atoms in total. The molecule has 0 fully saturated rings. The molecule has 0 aromatic rings. The quantitative estimate of drug-likeness (QED) is 0.277. The van der Waals surface area contributed by atoms with E-state index in [0.717, 1.165) is 0 Å². The molecule has 0 aliphatic heterocycles. The maximum absolute atomic E-state index is 8.58. The monoisotopic (exact) mass is 526 g/mol. The van der Waals surface area contributed by atoms with Gasteiger partial charge in [0.1, 0.15) is 0 Å². The Morgan fingerprint density at radius 1 is 0.538 bits per heavy atom. The minimum Gasteiger partial charge on any atom is 0 e. The van der Waals surface area contributed by atoms with Crippen LogP contribution in [0.15, 0.2) is 0 Å². The third kappa shape index (κ3) is 395. The third-order valence-electron chi connectivity index (χ3n) is 0. The van der Waals surface area contributed by atoms with Crippen LogP contribution in [0, 0.1) is 31.1 Å². The first-order chi connectivity index (χ1) is 5.20. The molecule has 0 atom stereocenters. The summed E-state index contributed by atoms with van der Waals surface area (Å²) in [6, 6.07) is 0. The van der Waals surface area contributed by atoms with Gasteiger partial charge in [-0.3, -0.25) is 0 Å². The van der Waals surface area contributed by atoms with Gasteiger partial charge < -0.3 is 0 Å². The predicted molar refractivity (Wildman–Crippen MR) is 2.06 cm³/mol. The van der Waals surface area contributed by atoms with E-state index in [1.165, 1.54) is 0 Å². The van der Waals surface area contributed by atoms with Gasteiger partial charge in [-0.15, -0.1) is 0 Å². The van der Waals surface area contributed by atoms with Crippen molar-refractivity contribution in [2.45, 2.75) is 0 Å². The Morgan fingerprint density at radius 2 is 0.538 bits per heavy atom. The third-order valence-corrected chi connectivity index (χ3v) is 0. The molecular weight excluding hydrogens is 526 g/mol. The SMILES string of the molecule is [O]=[Ti]([O-])[O-].[O]=[Ti]([O-])[O-].[O]=[Ti]([O-])[O-].[U]. The van der Waals surface area contributed by atoms with Crippen LogP contribution in [0.2, 0.25) is 0 Å². The van der Waals surface area contributed by atoms with Crippen molar-refractivity contribution in [2.24, 2.45) is 0 Å². The molecule has 0 rings (SSSR count). The minimum absolute atomic E-state index is 0. The van der Waals surface area contributed by atoms with Crippen molar-refractivity contribution < 1.29 is 119 Å². The average molecular weight is 526 g/mol. The summed E-state index contributed by atoms with van der Waals surface area (Å²) in [7, 11) is 0. The molecule has 0 spiro atoms. The second-order valence-corrected chi connectivity index (χ2v) is 3.09. The molecule has 76 valence electrons. The van der Waals surface area contributed by atoms with Crippen molar-refractivity contribution in [2.75, 3.05) is 0 Å². The summed E-state index contributed by atoms with van der Waals surface area (Å²) in [5.74, 6) is 0. The van der Waals surface area contributed by atoms with Gasteiger partial charge in [-0.1, -0.05) is 0 Å². The molecule has 0 aliphatic carbocycles. The van der Waals surface area contributed by atoms with E-state index in [4.69, 9.17) is 32.1 Å². The van der Waals surface area contributed by atoms with Gasteiger partial charge in [0.25, 0.3) is 0 Å². The Balaban J connectivity index is -0.0000000450. The van der Waals surface area contributed by atoms with Crippen LogP contribution in [0.1, 0.15) is 0 Å². The maximum Gasteiger partial charge on any atom is 0 e. The van der Waals surface area contributed by atoms with E-state index in [9.17, 15) is 0 Å². The summed E-state index contributed by atoms with van der Waals surface area (Å²) in [4.78, 5) is 0. The van der Waals surface area contributed by atoms with Crippen LogP contribution in [-0.4, -0.2) is 0 Å². The largest absolute Gasteiger partial charge is 0 e. The molecule has 0 radical (unpaired) electrons. The van der Waals surface area contributed by atoms with Crippen LogP contribution < -0.4 is 22.1 Å². The van der Waals surface area contributed by atoms with E-state index in [1.54, 1.807) is 0 Å². The van der Waals surface area contributed by atoms with Crippen molar-refractivity contribution >= 4 is 0 Å². The van der Waals surface area contributed by atoms with E-state index in [2.05, 4.69) is 0 Å². The summed E-state index contributed by atoms with van der Waals surface area (Å²) in [5, 5.41) is 0. The smallest absolute Gasteiger partial charge is 0 e. The van der Waals surface area contributed by atoms with E-state index >= 15 is 0 Å². The number of hydrogen-bond donors (Lipinski definition) is 0. The molecule has 0 aromatic heterocycles. The molecule has 0 N–H and O–H groups in total. The number of rotatable bonds is 0. The van der Waals surface area contributed by atoms with Gasteiger partial charge in [0.15, 0.2) is 0 Å². The molecule has 0 saturated carbocycles. The topological polar surface area (TPSA) is 190 Å². The zero-order chi connectivity index (χ0) is 10.7. The molecule has 0 saturated heterocycles. The van der Waals surface area contributed by atoms with E-state index in [1.807, 2.05) is 0 Å². The zero-order valence-electron chi connectivity index (χ0n) is 5.67. The Bertz CT molecular complexity index is 112. The van der Waals surface area contributed by atoms with Gasteiger partial charge in [0.05, 0.1) is 0 Å². The summed E-state index contributed by atoms with van der Waals surface area (Å²) in [5.41, 5.74) is 0. The van der Waals surface area contributed by atoms with Gasteiger partial charge in [0.2, 0.25) is 0 Å². The maximum atomic E-state index is 8.58. The van der Waals surface area contributed by atoms with Crippen molar-refractivity contribution in [3.63, 3.8) is 0 Å². The van der Waals surface area contributed by atoms with Gasteiger partial charge in [-0.25, -0.2) is 0 Å². The van der Waals surface area contributed by atoms with Crippen LogP contribution in [0.5, 0.6) is 0 Å². The van der Waals surface area contributed by atoms with Gasteiger partial charge in [-0.05, 0) is 0 Å². The van der Waals surface area contributed by atoms with Crippen LogP contribution in [0.25, 0.3) is 0 Å². The molecule has 0 amide bonds. The first kappa shape index (κ1) is 24.5. The molecule has 13 heavy (non-hydrogen) atoms. The standard InChI is InChI=1S/9O.3Ti.U/q;;;6*-1;;;;. The first-order valence-electron chi connectivity index (χ1n) is 1.84. The Morgan fingerprint density at radius 3 is 0.538 bits per heavy atom. The molecule has 0 bridgehead atoms. The fourth-order valence-corrected chi connectivity index (χ4v) is 0. The van der Waals surface area contributed by atoms with Crippen LogP contribution in [0.3, 0.4) is 0 Å². The van der Waals surface area contributed by atoms with Gasteiger partial charge in [0, 0.05) is 31.1 Å². The molecular formula is O9Ti3U-6. The normalized spacial score (nSPS) is 6.00. The van der Waals surface area contributed by atoms with E-state index < -0.39 is 55.8 Å². The molecule has 0 heterocycles. The fraction of sp³-hybridized carbons (Fsp3) is 0. The van der Waals surface area contributed by atoms with Crippen LogP contribution in [0.4, 0.5) is 0 Å². The van der Waals surface area contributed by atoms with Crippen molar-refractivity contribution in [1.82, 2.24) is 0 Å². The Labute approximate surface area is 117 Å². The summed E-state index contributed by atoms with van der Waals surface area (Å²) in [6.07, 6.45) is 0. The predicted octanol–water partition coefficient (Wildman–Crippen LogP) is -7.50. The average Bonchev–Trinajstić information content (AvgIpc) is 1.54. The summed E-state index contributed by atoms with van der Waals surface area (Å²) >= 11 is -12.2. The molecule has 0 aromatic carbocycles. The van der Waals surface area contributed by atoms with Crippen molar-refractivity contribution in [3.05, 3.63) is 0 Å². The minimum atomic E-state index is -4.08. The molecule has 13 heteroatoms. The van der Waals surface area contributed by atoms with Crippen molar-refractivity contribution in [3.8, 4) is 0 Å². The summed E-state index contributed by atoms with van der Waals surface area (Å²) < 4.78 is 77.2. The fourth-order valence-electron chi connectivity index (χ4n) is 0.